The number of carbonyl (C=O) groups is 1. The highest BCUT2D eigenvalue weighted by Crippen LogP contribution is 2.22. The van der Waals surface area contributed by atoms with E-state index in [1.807, 2.05) is 55.9 Å². The molecule has 0 spiro atoms. The molecule has 1 heterocycles. The highest BCUT2D eigenvalue weighted by molar-refractivity contribution is 7.99. The van der Waals surface area contributed by atoms with Gasteiger partial charge in [0, 0.05) is 29.7 Å². The summed E-state index contributed by atoms with van der Waals surface area (Å²) in [4.78, 5) is 17.3. The van der Waals surface area contributed by atoms with Crippen molar-refractivity contribution >= 4 is 23.5 Å². The summed E-state index contributed by atoms with van der Waals surface area (Å²) in [5.41, 5.74) is 1.78. The van der Waals surface area contributed by atoms with E-state index in [1.165, 1.54) is 4.90 Å². The Morgan fingerprint density at radius 2 is 2.13 bits per heavy atom. The predicted molar refractivity (Wildman–Crippen MR) is 97.3 cm³/mol. The van der Waals surface area contributed by atoms with Crippen LogP contribution in [0.2, 0.25) is 0 Å². The number of nitrogens with one attached hydrogen (secondary N) is 2. The molecule has 0 atom stereocenters. The molecule has 2 aromatic rings. The van der Waals surface area contributed by atoms with Crippen molar-refractivity contribution < 1.29 is 4.79 Å². The van der Waals surface area contributed by atoms with Gasteiger partial charge in [-0.2, -0.15) is 0 Å². The highest BCUT2D eigenvalue weighted by Gasteiger charge is 2.08. The van der Waals surface area contributed by atoms with E-state index in [1.54, 1.807) is 6.20 Å². The monoisotopic (exact) mass is 329 g/mol. The molecule has 0 unspecified atom stereocenters. The molecule has 4 nitrogen and oxygen atoms in total. The number of thioether (sulfide) groups is 1. The fraction of sp³-hybridized carbons (Fsp3) is 0.333. The maximum absolute atomic E-state index is 11.9. The third-order valence-corrected chi connectivity index (χ3v) is 4.42. The number of amides is 1. The molecule has 23 heavy (non-hydrogen) atoms. The molecule has 0 saturated carbocycles. The van der Waals surface area contributed by atoms with Crippen LogP contribution in [0, 0.1) is 6.92 Å². The van der Waals surface area contributed by atoms with E-state index in [2.05, 4.69) is 21.7 Å². The van der Waals surface area contributed by atoms with Crippen LogP contribution in [0.1, 0.15) is 29.3 Å². The number of anilines is 1. The molecule has 0 fully saturated rings. The first-order valence-corrected chi connectivity index (χ1v) is 8.86. The van der Waals surface area contributed by atoms with Crippen LogP contribution in [0.3, 0.4) is 0 Å². The Balaban J connectivity index is 1.75. The first-order valence-electron chi connectivity index (χ1n) is 7.87. The number of benzene rings is 1. The van der Waals surface area contributed by atoms with E-state index >= 15 is 0 Å². The zero-order valence-electron chi connectivity index (χ0n) is 13.6. The third kappa shape index (κ3) is 5.60. The molecular formula is C18H23N3OS. The summed E-state index contributed by atoms with van der Waals surface area (Å²) in [6.45, 7) is 5.46. The smallest absolute Gasteiger partial charge is 0.251 e. The summed E-state index contributed by atoms with van der Waals surface area (Å²) in [7, 11) is 0. The van der Waals surface area contributed by atoms with Gasteiger partial charge >= 0.3 is 0 Å². The van der Waals surface area contributed by atoms with Crippen LogP contribution >= 0.6 is 11.8 Å². The fourth-order valence-electron chi connectivity index (χ4n) is 2.18. The number of nitrogens with zero attached hydrogens (tertiary/aromatic N) is 1. The van der Waals surface area contributed by atoms with Gasteiger partial charge in [-0.1, -0.05) is 6.07 Å². The second kappa shape index (κ2) is 9.20. The normalized spacial score (nSPS) is 10.3. The lowest BCUT2D eigenvalue weighted by molar-refractivity contribution is 0.0955. The number of aromatic nitrogens is 1. The van der Waals surface area contributed by atoms with E-state index < -0.39 is 0 Å². The zero-order valence-corrected chi connectivity index (χ0v) is 14.5. The molecule has 0 radical (unpaired) electrons. The van der Waals surface area contributed by atoms with Crippen LogP contribution in [-0.2, 0) is 0 Å². The van der Waals surface area contributed by atoms with Gasteiger partial charge < -0.3 is 10.6 Å². The Labute approximate surface area is 142 Å². The summed E-state index contributed by atoms with van der Waals surface area (Å²) >= 11 is 1.81. The number of aryl methyl sites for hydroxylation is 1. The molecule has 0 saturated heterocycles. The van der Waals surface area contributed by atoms with Crippen LogP contribution in [0.5, 0.6) is 0 Å². The lowest BCUT2D eigenvalue weighted by Gasteiger charge is -2.09. The molecule has 0 aliphatic carbocycles. The van der Waals surface area contributed by atoms with Crippen LogP contribution in [0.25, 0.3) is 0 Å². The lowest BCUT2D eigenvalue weighted by atomic mass is 10.1. The average molecular weight is 329 g/mol. The summed E-state index contributed by atoms with van der Waals surface area (Å²) in [5, 5.41) is 6.14. The van der Waals surface area contributed by atoms with E-state index in [4.69, 9.17) is 0 Å². The molecule has 0 aliphatic heterocycles. The number of rotatable bonds is 8. The van der Waals surface area contributed by atoms with Crippen molar-refractivity contribution in [3.05, 3.63) is 53.7 Å². The van der Waals surface area contributed by atoms with Crippen molar-refractivity contribution in [1.29, 1.82) is 0 Å². The van der Waals surface area contributed by atoms with Gasteiger partial charge in [0.1, 0.15) is 5.82 Å². The third-order valence-electron chi connectivity index (χ3n) is 3.34. The Morgan fingerprint density at radius 3 is 2.83 bits per heavy atom. The molecule has 2 rings (SSSR count). The SMILES string of the molecule is CCNC(=O)c1ccc(SCCCNc2ccccn2)cc1C. The highest BCUT2D eigenvalue weighted by atomic mass is 32.2. The van der Waals surface area contributed by atoms with Crippen molar-refractivity contribution in [3.8, 4) is 0 Å². The topological polar surface area (TPSA) is 54.0 Å². The molecular weight excluding hydrogens is 306 g/mol. The largest absolute Gasteiger partial charge is 0.370 e. The molecule has 1 aromatic carbocycles. The Morgan fingerprint density at radius 1 is 1.26 bits per heavy atom. The van der Waals surface area contributed by atoms with E-state index in [-0.39, 0.29) is 5.91 Å². The van der Waals surface area contributed by atoms with Gasteiger partial charge in [0.2, 0.25) is 0 Å². The van der Waals surface area contributed by atoms with E-state index in [0.717, 1.165) is 35.7 Å². The van der Waals surface area contributed by atoms with Crippen molar-refractivity contribution in [2.24, 2.45) is 0 Å². The maximum Gasteiger partial charge on any atom is 0.251 e. The molecule has 0 aliphatic rings. The predicted octanol–water partition coefficient (Wildman–Crippen LogP) is 3.73. The van der Waals surface area contributed by atoms with Crippen molar-refractivity contribution in [1.82, 2.24) is 10.3 Å². The van der Waals surface area contributed by atoms with Gasteiger partial charge in [0.05, 0.1) is 0 Å². The molecule has 5 heteroatoms. The van der Waals surface area contributed by atoms with E-state index in [9.17, 15) is 4.79 Å². The molecule has 122 valence electrons. The number of hydrogen-bond donors (Lipinski definition) is 2. The van der Waals surface area contributed by atoms with Gasteiger partial charge in [0.25, 0.3) is 5.91 Å². The van der Waals surface area contributed by atoms with Crippen molar-refractivity contribution in [3.63, 3.8) is 0 Å². The Hall–Kier alpha value is -2.01. The van der Waals surface area contributed by atoms with Crippen LogP contribution in [0.4, 0.5) is 5.82 Å². The first kappa shape index (κ1) is 17.3. The van der Waals surface area contributed by atoms with Crippen LogP contribution in [0.15, 0.2) is 47.5 Å². The standard InChI is InChI=1S/C18H23N3OS/c1-3-19-18(22)16-9-8-15(13-14(16)2)23-12-6-11-21-17-7-4-5-10-20-17/h4-5,7-10,13H,3,6,11-12H2,1-2H3,(H,19,22)(H,20,21). The Bertz CT molecular complexity index is 631. The summed E-state index contributed by atoms with van der Waals surface area (Å²) in [6, 6.07) is 11.9. The minimum atomic E-state index is 0.00103. The number of hydrogen-bond acceptors (Lipinski definition) is 4. The zero-order chi connectivity index (χ0) is 16.5. The Kier molecular flexibility index (Phi) is 6.94. The molecule has 0 bridgehead atoms. The second-order valence-corrected chi connectivity index (χ2v) is 6.35. The summed E-state index contributed by atoms with van der Waals surface area (Å²) in [5.74, 6) is 1.94. The maximum atomic E-state index is 11.9. The van der Waals surface area contributed by atoms with Gasteiger partial charge in [-0.3, -0.25) is 4.79 Å². The van der Waals surface area contributed by atoms with Gasteiger partial charge in [-0.25, -0.2) is 4.98 Å². The summed E-state index contributed by atoms with van der Waals surface area (Å²) in [6.07, 6.45) is 2.84. The average Bonchev–Trinajstić information content (AvgIpc) is 2.56. The molecule has 1 aromatic heterocycles. The number of pyridine rings is 1. The number of carbonyl (C=O) groups excluding carboxylic acids is 1. The van der Waals surface area contributed by atoms with Gasteiger partial charge in [-0.05, 0) is 61.9 Å². The molecule has 1 amide bonds. The van der Waals surface area contributed by atoms with Crippen molar-refractivity contribution in [2.45, 2.75) is 25.2 Å². The second-order valence-electron chi connectivity index (χ2n) is 5.18. The first-order chi connectivity index (χ1) is 11.2. The minimum Gasteiger partial charge on any atom is -0.370 e. The van der Waals surface area contributed by atoms with Crippen LogP contribution in [-0.4, -0.2) is 29.7 Å². The van der Waals surface area contributed by atoms with Gasteiger partial charge in [-0.15, -0.1) is 11.8 Å². The quantitative estimate of drug-likeness (QED) is 0.572. The molecule has 2 N–H and O–H groups in total. The van der Waals surface area contributed by atoms with Gasteiger partial charge in [0.15, 0.2) is 0 Å². The lowest BCUT2D eigenvalue weighted by Crippen LogP contribution is -2.23. The minimum absolute atomic E-state index is 0.00103. The van der Waals surface area contributed by atoms with E-state index in [0.29, 0.717) is 6.54 Å². The summed E-state index contributed by atoms with van der Waals surface area (Å²) < 4.78 is 0. The fourth-order valence-corrected chi connectivity index (χ4v) is 3.13. The van der Waals surface area contributed by atoms with Crippen LogP contribution < -0.4 is 10.6 Å². The van der Waals surface area contributed by atoms with Crippen molar-refractivity contribution in [2.75, 3.05) is 24.2 Å².